The Balaban J connectivity index is 2.20. The Bertz CT molecular complexity index is 574. The number of carbonyl (C=O) groups excluding carboxylic acids is 1. The van der Waals surface area contributed by atoms with Crippen LogP contribution in [0.25, 0.3) is 0 Å². The number of pyridine rings is 1. The molecule has 1 aromatic heterocycles. The molecule has 19 heavy (non-hydrogen) atoms. The van der Waals surface area contributed by atoms with Crippen LogP contribution in [0.5, 0.6) is 0 Å². The summed E-state index contributed by atoms with van der Waals surface area (Å²) >= 11 is 0. The molecule has 2 aromatic rings. The molecular weight excluding hydrogens is 240 g/mol. The number of carbonyl (C=O) groups is 1. The molecular formula is C15H16N2O2. The lowest BCUT2D eigenvalue weighted by atomic mass is 9.96. The van der Waals surface area contributed by atoms with E-state index in [1.54, 1.807) is 62.6 Å². The number of aromatic nitrogens is 1. The second-order valence-electron chi connectivity index (χ2n) is 4.84. The predicted molar refractivity (Wildman–Crippen MR) is 73.9 cm³/mol. The number of amides is 1. The van der Waals surface area contributed by atoms with E-state index in [0.29, 0.717) is 16.8 Å². The highest BCUT2D eigenvalue weighted by molar-refractivity contribution is 6.04. The van der Waals surface area contributed by atoms with E-state index in [1.807, 2.05) is 0 Å². The van der Waals surface area contributed by atoms with E-state index in [0.717, 1.165) is 0 Å². The van der Waals surface area contributed by atoms with Crippen molar-refractivity contribution in [3.63, 3.8) is 0 Å². The average molecular weight is 256 g/mol. The van der Waals surface area contributed by atoms with E-state index < -0.39 is 5.60 Å². The summed E-state index contributed by atoms with van der Waals surface area (Å²) in [5, 5.41) is 12.7. The predicted octanol–water partition coefficient (Wildman–Crippen LogP) is 2.56. The fourth-order valence-corrected chi connectivity index (χ4v) is 1.68. The lowest BCUT2D eigenvalue weighted by Crippen LogP contribution is -2.18. The quantitative estimate of drug-likeness (QED) is 0.887. The Hall–Kier alpha value is -2.20. The second-order valence-corrected chi connectivity index (χ2v) is 4.84. The molecule has 0 saturated heterocycles. The highest BCUT2D eigenvalue weighted by Crippen LogP contribution is 2.20. The summed E-state index contributed by atoms with van der Waals surface area (Å²) in [5.74, 6) is -0.223. The number of benzene rings is 1. The molecule has 2 rings (SSSR count). The molecule has 0 aliphatic rings. The van der Waals surface area contributed by atoms with Gasteiger partial charge in [-0.25, -0.2) is 0 Å². The van der Waals surface area contributed by atoms with E-state index in [-0.39, 0.29) is 5.91 Å². The van der Waals surface area contributed by atoms with Gasteiger partial charge in [0.15, 0.2) is 0 Å². The summed E-state index contributed by atoms with van der Waals surface area (Å²) in [5.41, 5.74) is 0.876. The van der Waals surface area contributed by atoms with Crippen molar-refractivity contribution in [2.24, 2.45) is 0 Å². The van der Waals surface area contributed by atoms with Crippen LogP contribution in [0.3, 0.4) is 0 Å². The van der Waals surface area contributed by atoms with Crippen molar-refractivity contribution in [1.29, 1.82) is 0 Å². The van der Waals surface area contributed by atoms with Crippen molar-refractivity contribution in [2.45, 2.75) is 19.4 Å². The lowest BCUT2D eigenvalue weighted by molar-refractivity contribution is 0.0785. The van der Waals surface area contributed by atoms with Crippen molar-refractivity contribution in [3.05, 3.63) is 59.9 Å². The molecule has 0 saturated carbocycles. The molecule has 1 heterocycles. The molecule has 2 N–H and O–H groups in total. The monoisotopic (exact) mass is 256 g/mol. The zero-order valence-corrected chi connectivity index (χ0v) is 10.9. The maximum Gasteiger partial charge on any atom is 0.255 e. The van der Waals surface area contributed by atoms with Gasteiger partial charge in [-0.3, -0.25) is 9.78 Å². The Morgan fingerprint density at radius 1 is 1.26 bits per heavy atom. The van der Waals surface area contributed by atoms with E-state index in [1.165, 1.54) is 0 Å². The van der Waals surface area contributed by atoms with Gasteiger partial charge in [-0.15, -0.1) is 0 Å². The highest BCUT2D eigenvalue weighted by Gasteiger charge is 2.17. The molecule has 0 aliphatic carbocycles. The number of hydrogen-bond acceptors (Lipinski definition) is 3. The van der Waals surface area contributed by atoms with Gasteiger partial charge < -0.3 is 10.4 Å². The van der Waals surface area contributed by atoms with Crippen LogP contribution in [0.2, 0.25) is 0 Å². The van der Waals surface area contributed by atoms with E-state index in [4.69, 9.17) is 0 Å². The van der Waals surface area contributed by atoms with Crippen LogP contribution in [0, 0.1) is 0 Å². The normalized spacial score (nSPS) is 11.1. The van der Waals surface area contributed by atoms with Crippen molar-refractivity contribution < 1.29 is 9.90 Å². The first-order chi connectivity index (χ1) is 8.97. The maximum atomic E-state index is 12.1. The standard InChI is InChI=1S/C15H16N2O2/c1-15(2,19)12-6-3-5-11(9-12)14(18)17-13-7-4-8-16-10-13/h3-10,19H,1-2H3,(H,17,18). The molecule has 0 radical (unpaired) electrons. The van der Waals surface area contributed by atoms with Crippen LogP contribution in [0.15, 0.2) is 48.8 Å². The largest absolute Gasteiger partial charge is 0.386 e. The molecule has 1 aromatic carbocycles. The van der Waals surface area contributed by atoms with Crippen molar-refractivity contribution >= 4 is 11.6 Å². The minimum atomic E-state index is -0.968. The van der Waals surface area contributed by atoms with Crippen LogP contribution in [-0.2, 0) is 5.60 Å². The van der Waals surface area contributed by atoms with Gasteiger partial charge in [-0.1, -0.05) is 12.1 Å². The molecule has 1 amide bonds. The third kappa shape index (κ3) is 3.39. The van der Waals surface area contributed by atoms with Crippen molar-refractivity contribution in [3.8, 4) is 0 Å². The first-order valence-electron chi connectivity index (χ1n) is 6.01. The molecule has 0 aliphatic heterocycles. The lowest BCUT2D eigenvalue weighted by Gasteiger charge is -2.18. The summed E-state index contributed by atoms with van der Waals surface area (Å²) in [6, 6.07) is 10.5. The number of aliphatic hydroxyl groups is 1. The van der Waals surface area contributed by atoms with Gasteiger partial charge in [-0.2, -0.15) is 0 Å². The average Bonchev–Trinajstić information content (AvgIpc) is 2.39. The Morgan fingerprint density at radius 2 is 2.05 bits per heavy atom. The second kappa shape index (κ2) is 5.20. The first-order valence-corrected chi connectivity index (χ1v) is 6.01. The Labute approximate surface area is 112 Å². The number of hydrogen-bond donors (Lipinski definition) is 2. The van der Waals surface area contributed by atoms with Crippen LogP contribution in [0.4, 0.5) is 5.69 Å². The fourth-order valence-electron chi connectivity index (χ4n) is 1.68. The van der Waals surface area contributed by atoms with Crippen LogP contribution >= 0.6 is 0 Å². The van der Waals surface area contributed by atoms with Gasteiger partial charge in [0, 0.05) is 11.8 Å². The van der Waals surface area contributed by atoms with Gasteiger partial charge in [-0.05, 0) is 43.7 Å². The molecule has 0 atom stereocenters. The maximum absolute atomic E-state index is 12.1. The van der Waals surface area contributed by atoms with E-state index in [2.05, 4.69) is 10.3 Å². The van der Waals surface area contributed by atoms with Gasteiger partial charge in [0.25, 0.3) is 5.91 Å². The number of rotatable bonds is 3. The smallest absolute Gasteiger partial charge is 0.255 e. The third-order valence-corrected chi connectivity index (χ3v) is 2.75. The molecule has 0 spiro atoms. The SMILES string of the molecule is CC(C)(O)c1cccc(C(=O)Nc2cccnc2)c1. The number of nitrogens with zero attached hydrogens (tertiary/aromatic N) is 1. The van der Waals surface area contributed by atoms with E-state index in [9.17, 15) is 9.90 Å². The van der Waals surface area contributed by atoms with Crippen molar-refractivity contribution in [1.82, 2.24) is 4.98 Å². The summed E-state index contributed by atoms with van der Waals surface area (Å²) in [6.45, 7) is 3.37. The summed E-state index contributed by atoms with van der Waals surface area (Å²) in [4.78, 5) is 16.0. The summed E-state index contributed by atoms with van der Waals surface area (Å²) in [7, 11) is 0. The highest BCUT2D eigenvalue weighted by atomic mass is 16.3. The Kier molecular flexibility index (Phi) is 3.62. The minimum absolute atomic E-state index is 0.223. The van der Waals surface area contributed by atoms with Crippen molar-refractivity contribution in [2.75, 3.05) is 5.32 Å². The van der Waals surface area contributed by atoms with Crippen LogP contribution < -0.4 is 5.32 Å². The zero-order valence-electron chi connectivity index (χ0n) is 10.9. The molecule has 4 heteroatoms. The van der Waals surface area contributed by atoms with Gasteiger partial charge >= 0.3 is 0 Å². The topological polar surface area (TPSA) is 62.2 Å². The summed E-state index contributed by atoms with van der Waals surface area (Å²) in [6.07, 6.45) is 3.22. The third-order valence-electron chi connectivity index (χ3n) is 2.75. The summed E-state index contributed by atoms with van der Waals surface area (Å²) < 4.78 is 0. The molecule has 0 unspecified atom stereocenters. The van der Waals surface area contributed by atoms with E-state index >= 15 is 0 Å². The van der Waals surface area contributed by atoms with Gasteiger partial charge in [0.2, 0.25) is 0 Å². The molecule has 98 valence electrons. The van der Waals surface area contributed by atoms with Gasteiger partial charge in [0.05, 0.1) is 17.5 Å². The fraction of sp³-hybridized carbons (Fsp3) is 0.200. The minimum Gasteiger partial charge on any atom is -0.386 e. The molecule has 4 nitrogen and oxygen atoms in total. The van der Waals surface area contributed by atoms with Crippen LogP contribution in [-0.4, -0.2) is 16.0 Å². The zero-order chi connectivity index (χ0) is 13.9. The number of nitrogens with one attached hydrogen (secondary N) is 1. The first kappa shape index (κ1) is 13.2. The van der Waals surface area contributed by atoms with Crippen LogP contribution in [0.1, 0.15) is 29.8 Å². The molecule has 0 bridgehead atoms. The Morgan fingerprint density at radius 3 is 2.68 bits per heavy atom. The number of anilines is 1. The van der Waals surface area contributed by atoms with Gasteiger partial charge in [0.1, 0.15) is 0 Å². The molecule has 0 fully saturated rings.